The van der Waals surface area contributed by atoms with Crippen LogP contribution in [0.25, 0.3) is 0 Å². The maximum Gasteiger partial charge on any atom is 0.117 e. The molecule has 1 fully saturated rings. The summed E-state index contributed by atoms with van der Waals surface area (Å²) in [5.74, 6) is 0.981. The third-order valence-corrected chi connectivity index (χ3v) is 2.87. The molecule has 2 rings (SSSR count). The maximum absolute atomic E-state index is 9.25. The van der Waals surface area contributed by atoms with Crippen LogP contribution in [0, 0.1) is 0 Å². The molecule has 1 aromatic rings. The van der Waals surface area contributed by atoms with E-state index in [0.717, 1.165) is 25.4 Å². The lowest BCUT2D eigenvalue weighted by Gasteiger charge is -2.43. The lowest BCUT2D eigenvalue weighted by atomic mass is 9.98. The molecule has 0 spiro atoms. The van der Waals surface area contributed by atoms with Crippen LogP contribution in [0.3, 0.4) is 0 Å². The van der Waals surface area contributed by atoms with E-state index in [-0.39, 0.29) is 18.2 Å². The van der Waals surface area contributed by atoms with Crippen molar-refractivity contribution in [3.05, 3.63) is 24.2 Å². The summed E-state index contributed by atoms with van der Waals surface area (Å²) in [6.45, 7) is 7.13. The molecular formula is C12H20N2O2. The molecule has 0 amide bonds. The summed E-state index contributed by atoms with van der Waals surface area (Å²) < 4.78 is 5.35. The first kappa shape index (κ1) is 11.6. The Labute approximate surface area is 96.2 Å². The second-order valence-electron chi connectivity index (χ2n) is 5.16. The molecule has 1 atom stereocenters. The Hall–Kier alpha value is -0.840. The van der Waals surface area contributed by atoms with Crippen molar-refractivity contribution in [1.82, 2.24) is 10.2 Å². The zero-order valence-electron chi connectivity index (χ0n) is 9.94. The van der Waals surface area contributed by atoms with E-state index in [4.69, 9.17) is 4.42 Å². The molecule has 2 heterocycles. The Morgan fingerprint density at radius 1 is 1.62 bits per heavy atom. The van der Waals surface area contributed by atoms with E-state index < -0.39 is 0 Å². The molecule has 1 aromatic heterocycles. The van der Waals surface area contributed by atoms with Gasteiger partial charge in [0.25, 0.3) is 0 Å². The molecule has 0 bridgehead atoms. The van der Waals surface area contributed by atoms with Crippen LogP contribution >= 0.6 is 0 Å². The van der Waals surface area contributed by atoms with Crippen molar-refractivity contribution in [2.75, 3.05) is 19.7 Å². The molecule has 1 unspecified atom stereocenters. The minimum atomic E-state index is 0.0399. The number of furan rings is 1. The van der Waals surface area contributed by atoms with Gasteiger partial charge in [-0.3, -0.25) is 4.90 Å². The van der Waals surface area contributed by atoms with Gasteiger partial charge in [-0.15, -0.1) is 0 Å². The molecule has 4 heteroatoms. The number of nitrogens with zero attached hydrogens (tertiary/aromatic N) is 1. The molecule has 90 valence electrons. The Morgan fingerprint density at radius 2 is 2.44 bits per heavy atom. The van der Waals surface area contributed by atoms with Gasteiger partial charge in [-0.2, -0.15) is 0 Å². The van der Waals surface area contributed by atoms with E-state index in [1.807, 2.05) is 12.1 Å². The third kappa shape index (κ3) is 2.84. The predicted molar refractivity (Wildman–Crippen MR) is 62.1 cm³/mol. The van der Waals surface area contributed by atoms with Crippen LogP contribution in [0.15, 0.2) is 22.8 Å². The van der Waals surface area contributed by atoms with Gasteiger partial charge in [-0.05, 0) is 26.0 Å². The van der Waals surface area contributed by atoms with Crippen LogP contribution < -0.4 is 5.32 Å². The highest BCUT2D eigenvalue weighted by atomic mass is 16.3. The van der Waals surface area contributed by atoms with Crippen LogP contribution in [0.5, 0.6) is 0 Å². The fourth-order valence-corrected chi connectivity index (χ4v) is 2.43. The molecule has 16 heavy (non-hydrogen) atoms. The molecular weight excluding hydrogens is 204 g/mol. The van der Waals surface area contributed by atoms with Gasteiger partial charge in [0.1, 0.15) is 5.76 Å². The van der Waals surface area contributed by atoms with Crippen LogP contribution in [0.1, 0.15) is 19.6 Å². The summed E-state index contributed by atoms with van der Waals surface area (Å²) in [5.41, 5.74) is 0.0399. The normalized spacial score (nSPS) is 25.8. The van der Waals surface area contributed by atoms with Gasteiger partial charge in [-0.1, -0.05) is 0 Å². The maximum atomic E-state index is 9.25. The molecule has 1 saturated heterocycles. The molecule has 1 aliphatic rings. The number of rotatable bonds is 3. The number of nitrogens with one attached hydrogen (secondary N) is 1. The highest BCUT2D eigenvalue weighted by Crippen LogP contribution is 2.16. The third-order valence-electron chi connectivity index (χ3n) is 2.87. The van der Waals surface area contributed by atoms with Crippen LogP contribution in [-0.4, -0.2) is 41.3 Å². The molecule has 0 aliphatic carbocycles. The Morgan fingerprint density at radius 3 is 3.06 bits per heavy atom. The highest BCUT2D eigenvalue weighted by molar-refractivity contribution is 5.00. The Kier molecular flexibility index (Phi) is 3.33. The highest BCUT2D eigenvalue weighted by Gasteiger charge is 2.31. The van der Waals surface area contributed by atoms with Gasteiger partial charge in [-0.25, -0.2) is 0 Å². The summed E-state index contributed by atoms with van der Waals surface area (Å²) in [7, 11) is 0. The van der Waals surface area contributed by atoms with E-state index in [1.54, 1.807) is 6.26 Å². The zero-order valence-corrected chi connectivity index (χ0v) is 9.94. The van der Waals surface area contributed by atoms with Gasteiger partial charge in [0.15, 0.2) is 0 Å². The number of piperazine rings is 1. The number of hydrogen-bond donors (Lipinski definition) is 2. The van der Waals surface area contributed by atoms with Crippen molar-refractivity contribution in [1.29, 1.82) is 0 Å². The van der Waals surface area contributed by atoms with E-state index in [2.05, 4.69) is 24.1 Å². The Bertz CT molecular complexity index is 322. The minimum absolute atomic E-state index is 0.0399. The van der Waals surface area contributed by atoms with Crippen LogP contribution in [0.2, 0.25) is 0 Å². The predicted octanol–water partition coefficient (Wildman–Crippen LogP) is 0.824. The summed E-state index contributed by atoms with van der Waals surface area (Å²) in [6.07, 6.45) is 1.70. The van der Waals surface area contributed by atoms with Crippen molar-refractivity contribution in [3.63, 3.8) is 0 Å². The van der Waals surface area contributed by atoms with E-state index in [1.165, 1.54) is 0 Å². The van der Waals surface area contributed by atoms with Gasteiger partial charge in [0.05, 0.1) is 19.4 Å². The lowest BCUT2D eigenvalue weighted by molar-refractivity contribution is 0.0770. The summed E-state index contributed by atoms with van der Waals surface area (Å²) in [6, 6.07) is 4.05. The molecule has 0 aromatic carbocycles. The second-order valence-corrected chi connectivity index (χ2v) is 5.16. The van der Waals surface area contributed by atoms with Gasteiger partial charge < -0.3 is 14.8 Å². The Balaban J connectivity index is 1.99. The molecule has 0 saturated carbocycles. The van der Waals surface area contributed by atoms with Crippen LogP contribution in [0.4, 0.5) is 0 Å². The number of hydrogen-bond acceptors (Lipinski definition) is 4. The molecule has 0 radical (unpaired) electrons. The fourth-order valence-electron chi connectivity index (χ4n) is 2.43. The first-order valence-electron chi connectivity index (χ1n) is 5.72. The largest absolute Gasteiger partial charge is 0.468 e. The topological polar surface area (TPSA) is 48.6 Å². The van der Waals surface area contributed by atoms with Crippen molar-refractivity contribution in [2.45, 2.75) is 32.0 Å². The molecule has 2 N–H and O–H groups in total. The average molecular weight is 224 g/mol. The van der Waals surface area contributed by atoms with Gasteiger partial charge in [0, 0.05) is 24.7 Å². The summed E-state index contributed by atoms with van der Waals surface area (Å²) in [5, 5.41) is 12.7. The lowest BCUT2D eigenvalue weighted by Crippen LogP contribution is -2.62. The summed E-state index contributed by atoms with van der Waals surface area (Å²) >= 11 is 0. The molecule has 4 nitrogen and oxygen atoms in total. The van der Waals surface area contributed by atoms with Crippen molar-refractivity contribution in [3.8, 4) is 0 Å². The van der Waals surface area contributed by atoms with Crippen LogP contribution in [-0.2, 0) is 6.54 Å². The van der Waals surface area contributed by atoms with Gasteiger partial charge in [0.2, 0.25) is 0 Å². The first-order valence-corrected chi connectivity index (χ1v) is 5.72. The van der Waals surface area contributed by atoms with Crippen molar-refractivity contribution >= 4 is 0 Å². The van der Waals surface area contributed by atoms with E-state index in [0.29, 0.717) is 0 Å². The minimum Gasteiger partial charge on any atom is -0.468 e. The molecule has 1 aliphatic heterocycles. The smallest absolute Gasteiger partial charge is 0.117 e. The first-order chi connectivity index (χ1) is 7.59. The SMILES string of the molecule is CC1(C)CN(Cc2ccco2)CC(CO)N1. The van der Waals surface area contributed by atoms with Crippen molar-refractivity contribution < 1.29 is 9.52 Å². The second kappa shape index (κ2) is 4.57. The monoisotopic (exact) mass is 224 g/mol. The summed E-state index contributed by atoms with van der Waals surface area (Å²) in [4.78, 5) is 2.32. The van der Waals surface area contributed by atoms with Gasteiger partial charge >= 0.3 is 0 Å². The average Bonchev–Trinajstić information content (AvgIpc) is 2.67. The zero-order chi connectivity index (χ0) is 11.6. The number of aliphatic hydroxyl groups excluding tert-OH is 1. The van der Waals surface area contributed by atoms with E-state index in [9.17, 15) is 5.11 Å². The quantitative estimate of drug-likeness (QED) is 0.798. The van der Waals surface area contributed by atoms with E-state index >= 15 is 0 Å². The van der Waals surface area contributed by atoms with Crippen molar-refractivity contribution in [2.24, 2.45) is 0 Å². The fraction of sp³-hybridized carbons (Fsp3) is 0.667. The standard InChI is InChI=1S/C12H20N2O2/c1-12(2)9-14(6-10(8-15)13-12)7-11-4-3-5-16-11/h3-5,10,13,15H,6-9H2,1-2H3. The number of aliphatic hydroxyl groups is 1.